The molecular formula is C14H28N4O. The Morgan fingerprint density at radius 1 is 1.37 bits per heavy atom. The van der Waals surface area contributed by atoms with E-state index in [1.165, 1.54) is 6.42 Å². The van der Waals surface area contributed by atoms with Gasteiger partial charge in [0.25, 0.3) is 0 Å². The minimum absolute atomic E-state index is 0.809. The number of nitrogens with zero attached hydrogens (tertiary/aromatic N) is 3. The van der Waals surface area contributed by atoms with E-state index in [2.05, 4.69) is 33.7 Å². The molecule has 0 saturated carbocycles. The van der Waals surface area contributed by atoms with Crippen molar-refractivity contribution < 1.29 is 4.74 Å². The molecule has 5 heteroatoms. The first-order valence-electron chi connectivity index (χ1n) is 7.17. The number of imidazole rings is 1. The molecular weight excluding hydrogens is 240 g/mol. The van der Waals surface area contributed by atoms with E-state index in [9.17, 15) is 0 Å². The van der Waals surface area contributed by atoms with Gasteiger partial charge in [-0.3, -0.25) is 4.90 Å². The van der Waals surface area contributed by atoms with Crippen LogP contribution in [0.25, 0.3) is 0 Å². The van der Waals surface area contributed by atoms with Gasteiger partial charge in [-0.1, -0.05) is 13.3 Å². The largest absolute Gasteiger partial charge is 0.380 e. The third-order valence-corrected chi connectivity index (χ3v) is 3.07. The van der Waals surface area contributed by atoms with E-state index in [0.717, 1.165) is 51.6 Å². The van der Waals surface area contributed by atoms with E-state index in [4.69, 9.17) is 4.74 Å². The third kappa shape index (κ3) is 7.30. The van der Waals surface area contributed by atoms with Gasteiger partial charge in [0.05, 0.1) is 13.2 Å². The van der Waals surface area contributed by atoms with E-state index in [0.29, 0.717) is 0 Å². The predicted octanol–water partition coefficient (Wildman–Crippen LogP) is 1.26. The van der Waals surface area contributed by atoms with Gasteiger partial charge < -0.3 is 14.6 Å². The second-order valence-electron chi connectivity index (χ2n) is 4.91. The Morgan fingerprint density at radius 2 is 2.21 bits per heavy atom. The molecule has 0 radical (unpaired) electrons. The van der Waals surface area contributed by atoms with Crippen LogP contribution in [0.2, 0.25) is 0 Å². The highest BCUT2D eigenvalue weighted by Crippen LogP contribution is 1.98. The fourth-order valence-electron chi connectivity index (χ4n) is 1.76. The minimum atomic E-state index is 0.809. The van der Waals surface area contributed by atoms with Crippen LogP contribution in [0.15, 0.2) is 12.4 Å². The molecule has 0 aliphatic carbocycles. The van der Waals surface area contributed by atoms with Gasteiger partial charge in [0.15, 0.2) is 0 Å². The van der Waals surface area contributed by atoms with Gasteiger partial charge in [0.1, 0.15) is 5.82 Å². The molecule has 5 nitrogen and oxygen atoms in total. The monoisotopic (exact) mass is 268 g/mol. The molecule has 1 heterocycles. The minimum Gasteiger partial charge on any atom is -0.380 e. The number of rotatable bonds is 11. The fraction of sp³-hybridized carbons (Fsp3) is 0.786. The third-order valence-electron chi connectivity index (χ3n) is 3.07. The number of hydrogen-bond acceptors (Lipinski definition) is 4. The second-order valence-corrected chi connectivity index (χ2v) is 4.91. The van der Waals surface area contributed by atoms with Gasteiger partial charge in [-0.15, -0.1) is 0 Å². The van der Waals surface area contributed by atoms with E-state index in [1.54, 1.807) is 0 Å². The van der Waals surface area contributed by atoms with Crippen LogP contribution in [0.3, 0.4) is 0 Å². The Kier molecular flexibility index (Phi) is 8.45. The van der Waals surface area contributed by atoms with Crippen molar-refractivity contribution in [1.82, 2.24) is 19.8 Å². The van der Waals surface area contributed by atoms with E-state index in [1.807, 2.05) is 19.4 Å². The number of aromatic nitrogens is 2. The first-order chi connectivity index (χ1) is 9.24. The average molecular weight is 268 g/mol. The van der Waals surface area contributed by atoms with E-state index in [-0.39, 0.29) is 0 Å². The zero-order chi connectivity index (χ0) is 13.9. The Hall–Kier alpha value is -0.910. The topological polar surface area (TPSA) is 42.3 Å². The molecule has 0 spiro atoms. The van der Waals surface area contributed by atoms with Crippen molar-refractivity contribution in [3.8, 4) is 0 Å². The van der Waals surface area contributed by atoms with Gasteiger partial charge in [-0.05, 0) is 13.5 Å². The predicted molar refractivity (Wildman–Crippen MR) is 78.1 cm³/mol. The van der Waals surface area contributed by atoms with Crippen molar-refractivity contribution >= 4 is 0 Å². The van der Waals surface area contributed by atoms with Crippen molar-refractivity contribution in [2.24, 2.45) is 7.05 Å². The van der Waals surface area contributed by atoms with Crippen molar-refractivity contribution in [3.63, 3.8) is 0 Å². The van der Waals surface area contributed by atoms with Crippen molar-refractivity contribution in [3.05, 3.63) is 18.2 Å². The van der Waals surface area contributed by atoms with E-state index >= 15 is 0 Å². The maximum atomic E-state index is 5.49. The van der Waals surface area contributed by atoms with Crippen LogP contribution in [0.4, 0.5) is 0 Å². The van der Waals surface area contributed by atoms with Crippen LogP contribution in [0.5, 0.6) is 0 Å². The van der Waals surface area contributed by atoms with Crippen molar-refractivity contribution in [2.75, 3.05) is 39.9 Å². The quantitative estimate of drug-likeness (QED) is 0.614. The lowest BCUT2D eigenvalue weighted by atomic mass is 10.4. The smallest absolute Gasteiger partial charge is 0.122 e. The summed E-state index contributed by atoms with van der Waals surface area (Å²) in [5.74, 6) is 1.10. The van der Waals surface area contributed by atoms with Crippen LogP contribution < -0.4 is 5.32 Å². The zero-order valence-corrected chi connectivity index (χ0v) is 12.6. The molecule has 1 aromatic heterocycles. The number of nitrogens with one attached hydrogen (secondary N) is 1. The summed E-state index contributed by atoms with van der Waals surface area (Å²) < 4.78 is 7.55. The second kappa shape index (κ2) is 9.95. The molecule has 1 N–H and O–H groups in total. The maximum absolute atomic E-state index is 5.49. The number of ether oxygens (including phenoxy) is 1. The highest BCUT2D eigenvalue weighted by atomic mass is 16.5. The van der Waals surface area contributed by atoms with Crippen LogP contribution in [0, 0.1) is 0 Å². The highest BCUT2D eigenvalue weighted by molar-refractivity contribution is 4.90. The molecule has 1 aromatic rings. The molecule has 0 fully saturated rings. The molecule has 110 valence electrons. The van der Waals surface area contributed by atoms with Crippen molar-refractivity contribution in [1.29, 1.82) is 0 Å². The van der Waals surface area contributed by atoms with Crippen LogP contribution in [-0.4, -0.2) is 54.3 Å². The molecule has 1 rings (SSSR count). The zero-order valence-electron chi connectivity index (χ0n) is 12.6. The number of unbranched alkanes of at least 4 members (excludes halogenated alkanes) is 1. The molecule has 0 amide bonds. The Bertz CT molecular complexity index is 327. The molecule has 0 aliphatic rings. The van der Waals surface area contributed by atoms with Crippen LogP contribution in [-0.2, 0) is 18.3 Å². The van der Waals surface area contributed by atoms with Crippen LogP contribution in [0.1, 0.15) is 25.6 Å². The Balaban J connectivity index is 1.96. The van der Waals surface area contributed by atoms with E-state index < -0.39 is 0 Å². The summed E-state index contributed by atoms with van der Waals surface area (Å²) in [6.45, 7) is 7.69. The molecule has 0 aromatic carbocycles. The van der Waals surface area contributed by atoms with Crippen LogP contribution >= 0.6 is 0 Å². The lowest BCUT2D eigenvalue weighted by molar-refractivity contribution is 0.132. The molecule has 0 aliphatic heterocycles. The highest BCUT2D eigenvalue weighted by Gasteiger charge is 2.03. The average Bonchev–Trinajstić information content (AvgIpc) is 2.78. The van der Waals surface area contributed by atoms with Gasteiger partial charge >= 0.3 is 0 Å². The normalized spacial score (nSPS) is 11.4. The molecule has 0 saturated heterocycles. The summed E-state index contributed by atoms with van der Waals surface area (Å²) in [6.07, 6.45) is 6.18. The first-order valence-corrected chi connectivity index (χ1v) is 7.17. The summed E-state index contributed by atoms with van der Waals surface area (Å²) in [6, 6.07) is 0. The lowest BCUT2D eigenvalue weighted by Gasteiger charge is -2.16. The Labute approximate surface area is 117 Å². The molecule has 19 heavy (non-hydrogen) atoms. The Morgan fingerprint density at radius 3 is 2.89 bits per heavy atom. The number of likely N-dealkylation sites (N-methyl/N-ethyl adjacent to an activating group) is 1. The SMILES string of the molecule is CCCCOCCNCCN(C)Cc1nccn1C. The van der Waals surface area contributed by atoms with Gasteiger partial charge in [0.2, 0.25) is 0 Å². The van der Waals surface area contributed by atoms with Gasteiger partial charge in [-0.25, -0.2) is 4.98 Å². The maximum Gasteiger partial charge on any atom is 0.122 e. The standard InChI is InChI=1S/C14H28N4O/c1-4-5-11-19-12-8-15-6-9-17(2)13-14-16-7-10-18(14)3/h7,10,15H,4-6,8-9,11-13H2,1-3H3. The number of hydrogen-bond donors (Lipinski definition) is 1. The summed E-state index contributed by atoms with van der Waals surface area (Å²) in [5.41, 5.74) is 0. The summed E-state index contributed by atoms with van der Waals surface area (Å²) in [5, 5.41) is 3.39. The van der Waals surface area contributed by atoms with Crippen molar-refractivity contribution in [2.45, 2.75) is 26.3 Å². The summed E-state index contributed by atoms with van der Waals surface area (Å²) >= 11 is 0. The molecule has 0 atom stereocenters. The summed E-state index contributed by atoms with van der Waals surface area (Å²) in [7, 11) is 4.15. The lowest BCUT2D eigenvalue weighted by Crippen LogP contribution is -2.31. The first kappa shape index (κ1) is 16.1. The fourth-order valence-corrected chi connectivity index (χ4v) is 1.76. The molecule has 0 bridgehead atoms. The molecule has 0 unspecified atom stereocenters. The number of aryl methyl sites for hydroxylation is 1. The van der Waals surface area contributed by atoms with Gasteiger partial charge in [0, 0.05) is 45.7 Å². The summed E-state index contributed by atoms with van der Waals surface area (Å²) in [4.78, 5) is 6.59. The van der Waals surface area contributed by atoms with Gasteiger partial charge in [-0.2, -0.15) is 0 Å².